The van der Waals surface area contributed by atoms with Gasteiger partial charge < -0.3 is 5.32 Å². The Bertz CT molecular complexity index is 578. The number of nitrogens with one attached hydrogen (secondary N) is 1. The van der Waals surface area contributed by atoms with Crippen molar-refractivity contribution in [3.8, 4) is 0 Å². The molecule has 4 nitrogen and oxygen atoms in total. The van der Waals surface area contributed by atoms with Crippen molar-refractivity contribution in [2.24, 2.45) is 0 Å². The summed E-state index contributed by atoms with van der Waals surface area (Å²) in [6, 6.07) is 7.20. The van der Waals surface area contributed by atoms with Crippen LogP contribution in [0.15, 0.2) is 24.3 Å². The number of hydrogen-bond donors (Lipinski definition) is 1. The molecule has 0 aliphatic carbocycles. The Kier molecular flexibility index (Phi) is 3.94. The van der Waals surface area contributed by atoms with Gasteiger partial charge >= 0.3 is 0 Å². The van der Waals surface area contributed by atoms with E-state index in [4.69, 9.17) is 0 Å². The highest BCUT2D eigenvalue weighted by Gasteiger charge is 2.29. The van der Waals surface area contributed by atoms with Crippen molar-refractivity contribution in [3.05, 3.63) is 35.4 Å². The fourth-order valence-corrected chi connectivity index (χ4v) is 4.05. The predicted molar refractivity (Wildman–Crippen MR) is 75.1 cm³/mol. The monoisotopic (exact) mass is 281 g/mol. The second kappa shape index (κ2) is 5.33. The van der Waals surface area contributed by atoms with E-state index >= 15 is 0 Å². The van der Waals surface area contributed by atoms with Gasteiger partial charge in [-0.25, -0.2) is 8.42 Å². The molecule has 2 rings (SSSR count). The third-order valence-electron chi connectivity index (χ3n) is 3.40. The van der Waals surface area contributed by atoms with Gasteiger partial charge in [-0.15, -0.1) is 0 Å². The van der Waals surface area contributed by atoms with Gasteiger partial charge in [0.15, 0.2) is 9.84 Å². The average molecular weight is 281 g/mol. The van der Waals surface area contributed by atoms with Gasteiger partial charge in [-0.2, -0.15) is 0 Å². The number of carbonyl (C=O) groups is 1. The molecule has 0 radical (unpaired) electrons. The largest absolute Gasteiger partial charge is 0.348 e. The van der Waals surface area contributed by atoms with E-state index < -0.39 is 9.84 Å². The number of rotatable bonds is 3. The van der Waals surface area contributed by atoms with E-state index in [9.17, 15) is 13.2 Å². The van der Waals surface area contributed by atoms with Crippen LogP contribution in [-0.2, 0) is 9.84 Å². The van der Waals surface area contributed by atoms with Crippen LogP contribution in [-0.4, -0.2) is 31.9 Å². The molecule has 1 unspecified atom stereocenters. The second-order valence-electron chi connectivity index (χ2n) is 5.32. The highest BCUT2D eigenvalue weighted by atomic mass is 32.2. The van der Waals surface area contributed by atoms with Crippen LogP contribution in [0, 0.1) is 0 Å². The molecule has 0 saturated carbocycles. The van der Waals surface area contributed by atoms with E-state index in [2.05, 4.69) is 5.32 Å². The van der Waals surface area contributed by atoms with Gasteiger partial charge in [0.1, 0.15) is 0 Å². The molecule has 104 valence electrons. The Hall–Kier alpha value is -1.36. The second-order valence-corrected chi connectivity index (χ2v) is 7.54. The van der Waals surface area contributed by atoms with Gasteiger partial charge in [-0.1, -0.05) is 32.0 Å². The molecule has 0 spiro atoms. The van der Waals surface area contributed by atoms with Crippen LogP contribution in [0.1, 0.15) is 42.1 Å². The van der Waals surface area contributed by atoms with Gasteiger partial charge in [-0.05, 0) is 24.0 Å². The summed E-state index contributed by atoms with van der Waals surface area (Å²) in [5.74, 6) is 0.312. The van der Waals surface area contributed by atoms with E-state index in [1.165, 1.54) is 0 Å². The molecule has 0 aromatic heterocycles. The standard InChI is InChI=1S/C14H19NO3S/c1-10(2)12-5-3-4-6-13(12)14(16)15-11-7-8-19(17,18)9-11/h3-6,10-11H,7-9H2,1-2H3,(H,15,16). The molecule has 1 fully saturated rings. The maximum atomic E-state index is 12.2. The van der Waals surface area contributed by atoms with Crippen LogP contribution in [0.2, 0.25) is 0 Å². The number of hydrogen-bond acceptors (Lipinski definition) is 3. The molecule has 0 bridgehead atoms. The fourth-order valence-electron chi connectivity index (χ4n) is 2.38. The first-order chi connectivity index (χ1) is 8.89. The van der Waals surface area contributed by atoms with Crippen molar-refractivity contribution < 1.29 is 13.2 Å². The lowest BCUT2D eigenvalue weighted by Gasteiger charge is -2.15. The quantitative estimate of drug-likeness (QED) is 0.917. The van der Waals surface area contributed by atoms with Crippen LogP contribution >= 0.6 is 0 Å². The molecule has 1 atom stereocenters. The SMILES string of the molecule is CC(C)c1ccccc1C(=O)NC1CCS(=O)(=O)C1. The van der Waals surface area contributed by atoms with Crippen molar-refractivity contribution in [3.63, 3.8) is 0 Å². The highest BCUT2D eigenvalue weighted by molar-refractivity contribution is 7.91. The first-order valence-electron chi connectivity index (χ1n) is 6.49. The van der Waals surface area contributed by atoms with Crippen LogP contribution in [0.5, 0.6) is 0 Å². The molecule has 1 aliphatic rings. The summed E-state index contributed by atoms with van der Waals surface area (Å²) in [4.78, 5) is 12.2. The van der Waals surface area contributed by atoms with Gasteiger partial charge in [0.05, 0.1) is 11.5 Å². The summed E-state index contributed by atoms with van der Waals surface area (Å²) in [6.45, 7) is 4.07. The zero-order valence-corrected chi connectivity index (χ0v) is 12.0. The maximum Gasteiger partial charge on any atom is 0.251 e. The number of sulfone groups is 1. The van der Waals surface area contributed by atoms with Gasteiger partial charge in [0.2, 0.25) is 0 Å². The van der Waals surface area contributed by atoms with E-state index in [0.717, 1.165) is 5.56 Å². The lowest BCUT2D eigenvalue weighted by Crippen LogP contribution is -2.36. The van der Waals surface area contributed by atoms with Crippen molar-refractivity contribution >= 4 is 15.7 Å². The molecule has 19 heavy (non-hydrogen) atoms. The molecule has 1 saturated heterocycles. The van der Waals surface area contributed by atoms with Crippen LogP contribution in [0.4, 0.5) is 0 Å². The minimum atomic E-state index is -2.96. The Morgan fingerprint density at radius 1 is 1.32 bits per heavy atom. The first kappa shape index (κ1) is 14.1. The van der Waals surface area contributed by atoms with Gasteiger partial charge in [-0.3, -0.25) is 4.79 Å². The zero-order chi connectivity index (χ0) is 14.0. The topological polar surface area (TPSA) is 63.2 Å². The molecule has 1 aromatic rings. The number of carbonyl (C=O) groups excluding carboxylic acids is 1. The molecule has 1 aromatic carbocycles. The van der Waals surface area contributed by atoms with Crippen molar-refractivity contribution in [1.29, 1.82) is 0 Å². The van der Waals surface area contributed by atoms with Crippen molar-refractivity contribution in [1.82, 2.24) is 5.32 Å². The molecular weight excluding hydrogens is 262 g/mol. The third kappa shape index (κ3) is 3.35. The van der Waals surface area contributed by atoms with Gasteiger partial charge in [0.25, 0.3) is 5.91 Å². The predicted octanol–water partition coefficient (Wildman–Crippen LogP) is 1.73. The lowest BCUT2D eigenvalue weighted by atomic mass is 9.96. The highest BCUT2D eigenvalue weighted by Crippen LogP contribution is 2.20. The Labute approximate surface area is 114 Å². The van der Waals surface area contributed by atoms with Crippen molar-refractivity contribution in [2.75, 3.05) is 11.5 Å². The minimum Gasteiger partial charge on any atom is -0.348 e. The maximum absolute atomic E-state index is 12.2. The fraction of sp³-hybridized carbons (Fsp3) is 0.500. The summed E-state index contributed by atoms with van der Waals surface area (Å²) in [5.41, 5.74) is 1.63. The Balaban J connectivity index is 2.13. The normalized spacial score (nSPS) is 21.5. The molecule has 1 aliphatic heterocycles. The summed E-state index contributed by atoms with van der Waals surface area (Å²) < 4.78 is 22.8. The third-order valence-corrected chi connectivity index (χ3v) is 5.16. The van der Waals surface area contributed by atoms with Crippen LogP contribution in [0.25, 0.3) is 0 Å². The van der Waals surface area contributed by atoms with Crippen LogP contribution < -0.4 is 5.32 Å². The molecule has 1 amide bonds. The zero-order valence-electron chi connectivity index (χ0n) is 11.2. The lowest BCUT2D eigenvalue weighted by molar-refractivity contribution is 0.0940. The summed E-state index contributed by atoms with van der Waals surface area (Å²) in [5, 5.41) is 2.83. The first-order valence-corrected chi connectivity index (χ1v) is 8.31. The molecular formula is C14H19NO3S. The summed E-state index contributed by atoms with van der Waals surface area (Å²) >= 11 is 0. The number of amides is 1. The minimum absolute atomic E-state index is 0.0581. The Morgan fingerprint density at radius 2 is 2.00 bits per heavy atom. The Morgan fingerprint density at radius 3 is 2.58 bits per heavy atom. The average Bonchev–Trinajstić information content (AvgIpc) is 2.68. The van der Waals surface area contributed by atoms with E-state index in [0.29, 0.717) is 12.0 Å². The van der Waals surface area contributed by atoms with E-state index in [1.54, 1.807) is 6.07 Å². The molecule has 1 N–H and O–H groups in total. The summed E-state index contributed by atoms with van der Waals surface area (Å²) in [6.07, 6.45) is 0.512. The van der Waals surface area contributed by atoms with E-state index in [-0.39, 0.29) is 29.4 Å². The smallest absolute Gasteiger partial charge is 0.251 e. The number of benzene rings is 1. The van der Waals surface area contributed by atoms with Crippen LogP contribution in [0.3, 0.4) is 0 Å². The summed E-state index contributed by atoms with van der Waals surface area (Å²) in [7, 11) is -2.96. The molecule has 5 heteroatoms. The molecule has 1 heterocycles. The van der Waals surface area contributed by atoms with Crippen molar-refractivity contribution in [2.45, 2.75) is 32.2 Å². The van der Waals surface area contributed by atoms with E-state index in [1.807, 2.05) is 32.0 Å². The van der Waals surface area contributed by atoms with Gasteiger partial charge in [0, 0.05) is 11.6 Å².